The molecule has 1 aromatic heterocycles. The lowest BCUT2D eigenvalue weighted by Crippen LogP contribution is -2.24. The molecule has 2 aliphatic rings. The van der Waals surface area contributed by atoms with Crippen LogP contribution in [0.25, 0.3) is 0 Å². The molecule has 1 saturated heterocycles. The third-order valence-corrected chi connectivity index (χ3v) is 4.75. The van der Waals surface area contributed by atoms with Crippen LogP contribution in [0.2, 0.25) is 0 Å². The van der Waals surface area contributed by atoms with E-state index in [1.807, 2.05) is 24.4 Å². The van der Waals surface area contributed by atoms with E-state index in [0.717, 1.165) is 29.4 Å². The van der Waals surface area contributed by atoms with Crippen LogP contribution in [0, 0.1) is 0 Å². The van der Waals surface area contributed by atoms with E-state index >= 15 is 0 Å². The van der Waals surface area contributed by atoms with Gasteiger partial charge in [0.2, 0.25) is 5.89 Å². The van der Waals surface area contributed by atoms with Crippen LogP contribution in [0.5, 0.6) is 5.75 Å². The number of nitrogens with zero attached hydrogens (tertiary/aromatic N) is 2. The molecule has 0 spiro atoms. The second kappa shape index (κ2) is 5.98. The number of ether oxygens (including phenoxy) is 1. The monoisotopic (exact) mass is 314 g/mol. The van der Waals surface area contributed by atoms with E-state index in [1.54, 1.807) is 7.11 Å². The third kappa shape index (κ3) is 3.12. The zero-order valence-corrected chi connectivity index (χ0v) is 13.3. The molecule has 23 heavy (non-hydrogen) atoms. The van der Waals surface area contributed by atoms with Crippen molar-refractivity contribution in [3.8, 4) is 5.75 Å². The SMILES string of the molecule is COc1cccc([C@H]2C[C@@H](O)CN2Cc2ncc(C3CC3)o2)c1. The maximum atomic E-state index is 10.1. The molecule has 2 atom stereocenters. The van der Waals surface area contributed by atoms with Crippen LogP contribution in [0.1, 0.15) is 48.4 Å². The first-order chi connectivity index (χ1) is 11.2. The maximum Gasteiger partial charge on any atom is 0.208 e. The molecular formula is C18H22N2O3. The van der Waals surface area contributed by atoms with Gasteiger partial charge in [-0.2, -0.15) is 0 Å². The second-order valence-corrected chi connectivity index (χ2v) is 6.54. The van der Waals surface area contributed by atoms with Crippen molar-refractivity contribution in [3.05, 3.63) is 47.7 Å². The Morgan fingerprint density at radius 3 is 3.04 bits per heavy atom. The van der Waals surface area contributed by atoms with Gasteiger partial charge < -0.3 is 14.3 Å². The molecular weight excluding hydrogens is 292 g/mol. The number of oxazole rings is 1. The van der Waals surface area contributed by atoms with Gasteiger partial charge >= 0.3 is 0 Å². The van der Waals surface area contributed by atoms with Gasteiger partial charge in [0.25, 0.3) is 0 Å². The average molecular weight is 314 g/mol. The summed E-state index contributed by atoms with van der Waals surface area (Å²) >= 11 is 0. The smallest absolute Gasteiger partial charge is 0.208 e. The molecule has 0 radical (unpaired) electrons. The molecule has 122 valence electrons. The van der Waals surface area contributed by atoms with Crippen LogP contribution in [-0.4, -0.2) is 34.7 Å². The normalized spacial score (nSPS) is 25.0. The van der Waals surface area contributed by atoms with Gasteiger partial charge in [0.1, 0.15) is 11.5 Å². The minimum Gasteiger partial charge on any atom is -0.497 e. The highest BCUT2D eigenvalue weighted by atomic mass is 16.5. The molecule has 1 saturated carbocycles. The van der Waals surface area contributed by atoms with Crippen molar-refractivity contribution >= 4 is 0 Å². The van der Waals surface area contributed by atoms with Crippen molar-refractivity contribution in [2.75, 3.05) is 13.7 Å². The van der Waals surface area contributed by atoms with Gasteiger partial charge in [0.05, 0.1) is 26.0 Å². The third-order valence-electron chi connectivity index (χ3n) is 4.75. The number of aliphatic hydroxyl groups is 1. The van der Waals surface area contributed by atoms with E-state index in [9.17, 15) is 5.11 Å². The van der Waals surface area contributed by atoms with Gasteiger partial charge in [0, 0.05) is 18.5 Å². The summed E-state index contributed by atoms with van der Waals surface area (Å²) in [4.78, 5) is 6.65. The number of rotatable bonds is 5. The molecule has 5 heteroatoms. The van der Waals surface area contributed by atoms with Crippen molar-refractivity contribution in [2.45, 2.75) is 43.9 Å². The second-order valence-electron chi connectivity index (χ2n) is 6.54. The molecule has 0 amide bonds. The van der Waals surface area contributed by atoms with E-state index in [-0.39, 0.29) is 12.1 Å². The molecule has 2 aromatic rings. The van der Waals surface area contributed by atoms with Gasteiger partial charge in [-0.05, 0) is 37.0 Å². The van der Waals surface area contributed by atoms with Crippen LogP contribution in [-0.2, 0) is 6.54 Å². The predicted molar refractivity (Wildman–Crippen MR) is 85.2 cm³/mol. The number of likely N-dealkylation sites (tertiary alicyclic amines) is 1. The summed E-state index contributed by atoms with van der Waals surface area (Å²) in [6.45, 7) is 1.27. The summed E-state index contributed by atoms with van der Waals surface area (Å²) in [5.74, 6) is 3.18. The molecule has 0 unspecified atom stereocenters. The lowest BCUT2D eigenvalue weighted by molar-refractivity contribution is 0.166. The van der Waals surface area contributed by atoms with Gasteiger partial charge in [-0.1, -0.05) is 12.1 Å². The first-order valence-electron chi connectivity index (χ1n) is 8.23. The summed E-state index contributed by atoms with van der Waals surface area (Å²) in [5.41, 5.74) is 1.16. The van der Waals surface area contributed by atoms with Crippen molar-refractivity contribution in [3.63, 3.8) is 0 Å². The van der Waals surface area contributed by atoms with Crippen LogP contribution in [0.3, 0.4) is 0 Å². The van der Waals surface area contributed by atoms with Crippen molar-refractivity contribution < 1.29 is 14.3 Å². The Balaban J connectivity index is 1.52. The standard InChI is InChI=1S/C18H22N2O3/c1-22-15-4-2-3-13(7-15)16-8-14(21)10-20(16)11-18-19-9-17(23-18)12-5-6-12/h2-4,7,9,12,14,16,21H,5-6,8,10-11H2,1H3/t14-,16-/m1/s1. The quantitative estimate of drug-likeness (QED) is 0.919. The fourth-order valence-electron chi connectivity index (χ4n) is 3.38. The van der Waals surface area contributed by atoms with Crippen molar-refractivity contribution in [1.82, 2.24) is 9.88 Å². The Bertz CT molecular complexity index is 680. The molecule has 4 rings (SSSR count). The predicted octanol–water partition coefficient (Wildman–Crippen LogP) is 2.87. The minimum absolute atomic E-state index is 0.163. The zero-order valence-electron chi connectivity index (χ0n) is 13.3. The molecule has 1 N–H and O–H groups in total. The molecule has 1 aliphatic carbocycles. The minimum atomic E-state index is -0.316. The molecule has 2 fully saturated rings. The number of aliphatic hydroxyl groups excluding tert-OH is 1. The van der Waals surface area contributed by atoms with Crippen LogP contribution >= 0.6 is 0 Å². The molecule has 5 nitrogen and oxygen atoms in total. The van der Waals surface area contributed by atoms with Crippen LogP contribution in [0.4, 0.5) is 0 Å². The number of β-amino-alcohol motifs (C(OH)–C–C–N with tert-alkyl or cyclic N) is 1. The Hall–Kier alpha value is -1.85. The average Bonchev–Trinajstić information content (AvgIpc) is 3.21. The van der Waals surface area contributed by atoms with Gasteiger partial charge in [-0.25, -0.2) is 4.98 Å². The molecule has 1 aliphatic heterocycles. The van der Waals surface area contributed by atoms with E-state index in [1.165, 1.54) is 12.8 Å². The molecule has 0 bridgehead atoms. The summed E-state index contributed by atoms with van der Waals surface area (Å²) < 4.78 is 11.2. The summed E-state index contributed by atoms with van der Waals surface area (Å²) in [7, 11) is 1.67. The number of methoxy groups -OCH3 is 1. The van der Waals surface area contributed by atoms with Gasteiger partial charge in [0.15, 0.2) is 0 Å². The van der Waals surface area contributed by atoms with E-state index in [4.69, 9.17) is 9.15 Å². The first-order valence-corrected chi connectivity index (χ1v) is 8.23. The topological polar surface area (TPSA) is 58.7 Å². The van der Waals surface area contributed by atoms with Crippen LogP contribution in [0.15, 0.2) is 34.9 Å². The Kier molecular flexibility index (Phi) is 3.83. The van der Waals surface area contributed by atoms with Crippen LogP contribution < -0.4 is 4.74 Å². The Labute approximate surface area is 135 Å². The lowest BCUT2D eigenvalue weighted by Gasteiger charge is -2.23. The zero-order chi connectivity index (χ0) is 15.8. The highest BCUT2D eigenvalue weighted by Crippen LogP contribution is 2.41. The summed E-state index contributed by atoms with van der Waals surface area (Å²) in [6, 6.07) is 8.23. The number of hydrogen-bond donors (Lipinski definition) is 1. The van der Waals surface area contributed by atoms with Gasteiger partial charge in [-0.3, -0.25) is 4.90 Å². The van der Waals surface area contributed by atoms with E-state index in [2.05, 4.69) is 16.0 Å². The van der Waals surface area contributed by atoms with Crippen molar-refractivity contribution in [1.29, 1.82) is 0 Å². The summed E-state index contributed by atoms with van der Waals surface area (Å²) in [6.07, 6.45) is 4.69. The fraction of sp³-hybridized carbons (Fsp3) is 0.500. The fourth-order valence-corrected chi connectivity index (χ4v) is 3.38. The Morgan fingerprint density at radius 1 is 1.39 bits per heavy atom. The van der Waals surface area contributed by atoms with Crippen molar-refractivity contribution in [2.24, 2.45) is 0 Å². The number of hydrogen-bond acceptors (Lipinski definition) is 5. The summed E-state index contributed by atoms with van der Waals surface area (Å²) in [5, 5.41) is 10.1. The highest BCUT2D eigenvalue weighted by Gasteiger charge is 2.34. The maximum absolute atomic E-state index is 10.1. The van der Waals surface area contributed by atoms with E-state index in [0.29, 0.717) is 19.0 Å². The molecule has 2 heterocycles. The van der Waals surface area contributed by atoms with Gasteiger partial charge in [-0.15, -0.1) is 0 Å². The lowest BCUT2D eigenvalue weighted by atomic mass is 10.0. The number of aromatic nitrogens is 1. The highest BCUT2D eigenvalue weighted by molar-refractivity contribution is 5.31. The molecule has 1 aromatic carbocycles. The number of benzene rings is 1. The first kappa shape index (κ1) is 14.7. The largest absolute Gasteiger partial charge is 0.497 e. The Morgan fingerprint density at radius 2 is 2.26 bits per heavy atom. The van der Waals surface area contributed by atoms with E-state index < -0.39 is 0 Å².